The standard InChI is InChI=1S/C24H28N4O3S3/c29-22(25-23-26-27-24(33-23)32-18-20-11-5-2-6-12-20)21-14-7-15-28(17-21)34(30,31)16-8-13-19-9-3-1-4-10-19/h1-6,9-12,21H,7-8,13-18H2,(H,25,26,29)/t21-/m0/s1. The molecule has 3 aromatic rings. The van der Waals surface area contributed by atoms with Gasteiger partial charge in [0.05, 0.1) is 11.7 Å². The molecule has 0 aliphatic carbocycles. The fourth-order valence-electron chi connectivity index (χ4n) is 3.89. The van der Waals surface area contributed by atoms with Gasteiger partial charge in [-0.05, 0) is 36.8 Å². The molecule has 10 heteroatoms. The summed E-state index contributed by atoms with van der Waals surface area (Å²) in [5.41, 5.74) is 2.33. The van der Waals surface area contributed by atoms with Gasteiger partial charge in [0.1, 0.15) is 0 Å². The number of benzene rings is 2. The van der Waals surface area contributed by atoms with Gasteiger partial charge in [0.2, 0.25) is 21.1 Å². The molecule has 1 aliphatic heterocycles. The van der Waals surface area contributed by atoms with E-state index >= 15 is 0 Å². The molecule has 1 fully saturated rings. The van der Waals surface area contributed by atoms with Crippen LogP contribution in [0.15, 0.2) is 65.0 Å². The Kier molecular flexibility index (Phi) is 8.71. The number of amides is 1. The second-order valence-corrected chi connectivity index (χ2v) is 12.5. The molecule has 0 spiro atoms. The average molecular weight is 517 g/mol. The highest BCUT2D eigenvalue weighted by atomic mass is 32.2. The lowest BCUT2D eigenvalue weighted by atomic mass is 9.99. The van der Waals surface area contributed by atoms with E-state index in [1.54, 1.807) is 11.8 Å². The van der Waals surface area contributed by atoms with Gasteiger partial charge in [0.25, 0.3) is 0 Å². The topological polar surface area (TPSA) is 92.3 Å². The van der Waals surface area contributed by atoms with Gasteiger partial charge in [-0.15, -0.1) is 10.2 Å². The molecule has 34 heavy (non-hydrogen) atoms. The predicted molar refractivity (Wildman–Crippen MR) is 137 cm³/mol. The first-order valence-electron chi connectivity index (χ1n) is 11.3. The van der Waals surface area contributed by atoms with E-state index in [9.17, 15) is 13.2 Å². The molecule has 2 heterocycles. The first kappa shape index (κ1) is 24.8. The number of carbonyl (C=O) groups excluding carboxylic acids is 1. The van der Waals surface area contributed by atoms with Crippen molar-refractivity contribution in [2.45, 2.75) is 35.8 Å². The van der Waals surface area contributed by atoms with Crippen LogP contribution in [-0.2, 0) is 27.0 Å². The number of piperidine rings is 1. The van der Waals surface area contributed by atoms with Crippen LogP contribution in [0.1, 0.15) is 30.4 Å². The number of sulfonamides is 1. The number of thioether (sulfide) groups is 1. The summed E-state index contributed by atoms with van der Waals surface area (Å²) in [7, 11) is -3.40. The monoisotopic (exact) mass is 516 g/mol. The van der Waals surface area contributed by atoms with Gasteiger partial charge < -0.3 is 5.32 Å². The summed E-state index contributed by atoms with van der Waals surface area (Å²) in [5.74, 6) is 0.291. The summed E-state index contributed by atoms with van der Waals surface area (Å²) in [4.78, 5) is 12.8. The summed E-state index contributed by atoms with van der Waals surface area (Å²) >= 11 is 2.91. The van der Waals surface area contributed by atoms with Crippen molar-refractivity contribution in [2.24, 2.45) is 5.92 Å². The minimum absolute atomic E-state index is 0.0919. The van der Waals surface area contributed by atoms with Crippen molar-refractivity contribution in [3.8, 4) is 0 Å². The molecule has 180 valence electrons. The number of nitrogens with one attached hydrogen (secondary N) is 1. The highest BCUT2D eigenvalue weighted by Gasteiger charge is 2.32. The van der Waals surface area contributed by atoms with Crippen LogP contribution in [0, 0.1) is 5.92 Å². The second kappa shape index (κ2) is 11.9. The maximum Gasteiger partial charge on any atom is 0.230 e. The van der Waals surface area contributed by atoms with Gasteiger partial charge in [-0.25, -0.2) is 12.7 Å². The van der Waals surface area contributed by atoms with E-state index in [1.165, 1.54) is 21.2 Å². The molecule has 1 N–H and O–H groups in total. The molecular formula is C24H28N4O3S3. The van der Waals surface area contributed by atoms with Gasteiger partial charge in [-0.1, -0.05) is 83.8 Å². The minimum Gasteiger partial charge on any atom is -0.300 e. The quantitative estimate of drug-likeness (QED) is 0.316. The van der Waals surface area contributed by atoms with Crippen molar-refractivity contribution in [2.75, 3.05) is 24.2 Å². The molecule has 1 aliphatic rings. The zero-order valence-electron chi connectivity index (χ0n) is 18.8. The van der Waals surface area contributed by atoms with Crippen molar-refractivity contribution in [3.63, 3.8) is 0 Å². The summed E-state index contributed by atoms with van der Waals surface area (Å²) < 4.78 is 28.0. The van der Waals surface area contributed by atoms with Crippen molar-refractivity contribution in [1.82, 2.24) is 14.5 Å². The number of nitrogens with zero attached hydrogens (tertiary/aromatic N) is 3. The summed E-state index contributed by atoms with van der Waals surface area (Å²) in [6.07, 6.45) is 2.62. The van der Waals surface area contributed by atoms with E-state index in [4.69, 9.17) is 0 Å². The predicted octanol–water partition coefficient (Wildman–Crippen LogP) is 4.44. The van der Waals surface area contributed by atoms with Crippen LogP contribution in [0.2, 0.25) is 0 Å². The van der Waals surface area contributed by atoms with Crippen LogP contribution in [0.3, 0.4) is 0 Å². The molecule has 0 unspecified atom stereocenters. The van der Waals surface area contributed by atoms with Crippen molar-refractivity contribution < 1.29 is 13.2 Å². The summed E-state index contributed by atoms with van der Waals surface area (Å²) in [6, 6.07) is 20.0. The number of carbonyl (C=O) groups is 1. The zero-order valence-corrected chi connectivity index (χ0v) is 21.2. The SMILES string of the molecule is O=C(Nc1nnc(SCc2ccccc2)s1)[C@H]1CCCN(S(=O)(=O)CCCc2ccccc2)C1. The lowest BCUT2D eigenvalue weighted by Gasteiger charge is -2.31. The molecule has 0 bridgehead atoms. The third-order valence-corrected chi connectivity index (χ3v) is 9.67. The minimum atomic E-state index is -3.40. The number of anilines is 1. The van der Waals surface area contributed by atoms with E-state index in [2.05, 4.69) is 27.6 Å². The van der Waals surface area contributed by atoms with Crippen molar-refractivity contribution in [3.05, 3.63) is 71.8 Å². The van der Waals surface area contributed by atoms with Crippen LogP contribution in [0.25, 0.3) is 0 Å². The Balaban J connectivity index is 1.26. The van der Waals surface area contributed by atoms with Crippen molar-refractivity contribution >= 4 is 44.2 Å². The summed E-state index contributed by atoms with van der Waals surface area (Å²) in [6.45, 7) is 0.685. The average Bonchev–Trinajstić information content (AvgIpc) is 3.31. The Labute approximate surface area is 209 Å². The Hall–Kier alpha value is -2.27. The van der Waals surface area contributed by atoms with E-state index in [0.29, 0.717) is 30.9 Å². The van der Waals surface area contributed by atoms with Crippen LogP contribution >= 0.6 is 23.1 Å². The van der Waals surface area contributed by atoms with E-state index in [1.807, 2.05) is 48.5 Å². The van der Waals surface area contributed by atoms with Gasteiger partial charge in [0, 0.05) is 18.8 Å². The van der Waals surface area contributed by atoms with Crippen LogP contribution in [0.4, 0.5) is 5.13 Å². The molecule has 0 radical (unpaired) electrons. The highest BCUT2D eigenvalue weighted by Crippen LogP contribution is 2.29. The highest BCUT2D eigenvalue weighted by molar-refractivity contribution is 8.00. The van der Waals surface area contributed by atoms with E-state index in [0.717, 1.165) is 22.1 Å². The molecular weight excluding hydrogens is 488 g/mol. The van der Waals surface area contributed by atoms with Gasteiger partial charge in [-0.3, -0.25) is 4.79 Å². The Bertz CT molecular complexity index is 1170. The largest absolute Gasteiger partial charge is 0.300 e. The third-order valence-electron chi connectivity index (χ3n) is 5.70. The normalized spacial score (nSPS) is 16.9. The lowest BCUT2D eigenvalue weighted by molar-refractivity contribution is -0.120. The molecule has 1 saturated heterocycles. The Morgan fingerprint density at radius 3 is 2.50 bits per heavy atom. The third kappa shape index (κ3) is 7.11. The lowest BCUT2D eigenvalue weighted by Crippen LogP contribution is -2.44. The van der Waals surface area contributed by atoms with E-state index < -0.39 is 10.0 Å². The molecule has 1 amide bonds. The van der Waals surface area contributed by atoms with Gasteiger partial charge in [0.15, 0.2) is 4.34 Å². The first-order valence-corrected chi connectivity index (χ1v) is 14.7. The fraction of sp³-hybridized carbons (Fsp3) is 0.375. The first-order chi connectivity index (χ1) is 16.5. The molecule has 4 rings (SSSR count). The van der Waals surface area contributed by atoms with Gasteiger partial charge >= 0.3 is 0 Å². The maximum absolute atomic E-state index is 12.9. The Morgan fingerprint density at radius 1 is 1.06 bits per heavy atom. The second-order valence-electron chi connectivity index (χ2n) is 8.24. The van der Waals surface area contributed by atoms with Crippen LogP contribution in [0.5, 0.6) is 0 Å². The smallest absolute Gasteiger partial charge is 0.230 e. The van der Waals surface area contributed by atoms with Crippen LogP contribution in [-0.4, -0.2) is 47.7 Å². The molecule has 7 nitrogen and oxygen atoms in total. The number of hydrogen-bond donors (Lipinski definition) is 1. The van der Waals surface area contributed by atoms with Gasteiger partial charge in [-0.2, -0.15) is 0 Å². The number of aryl methyl sites for hydroxylation is 1. The Morgan fingerprint density at radius 2 is 1.76 bits per heavy atom. The molecule has 1 atom stereocenters. The molecule has 2 aromatic carbocycles. The van der Waals surface area contributed by atoms with E-state index in [-0.39, 0.29) is 24.1 Å². The van der Waals surface area contributed by atoms with Crippen molar-refractivity contribution in [1.29, 1.82) is 0 Å². The van der Waals surface area contributed by atoms with Crippen LogP contribution < -0.4 is 5.32 Å². The fourth-order valence-corrected chi connectivity index (χ4v) is 7.18. The maximum atomic E-state index is 12.9. The number of rotatable bonds is 10. The molecule has 1 aromatic heterocycles. The number of hydrogen-bond acceptors (Lipinski definition) is 7. The molecule has 0 saturated carbocycles. The summed E-state index contributed by atoms with van der Waals surface area (Å²) in [5, 5.41) is 11.5. The zero-order chi connectivity index (χ0) is 23.8. The number of aromatic nitrogens is 2.